The summed E-state index contributed by atoms with van der Waals surface area (Å²) < 4.78 is 88.5. The van der Waals surface area contributed by atoms with Gasteiger partial charge in [-0.15, -0.1) is 13.2 Å². The second-order valence-electron chi connectivity index (χ2n) is 8.55. The molecule has 0 heterocycles. The molecule has 3 rings (SSSR count). The summed E-state index contributed by atoms with van der Waals surface area (Å²) in [5, 5.41) is 0. The Balaban J connectivity index is 1.54. The molecular weight excluding hydrogens is 446 g/mol. The first-order valence-electron chi connectivity index (χ1n) is 11.2. The standard InChI is InChI=1S/C25H28F6O2/c1-2-3-17-4-8-19(9-5-17)20-10-13-22(23(26)16-20)24(27,28)32-15-14-18-6-11-21(12-7-18)33-25(29,30)31/h6-7,10-13,16-17,19H,2-5,8-9,14-15H2,1H3/t17-,19-. The molecule has 1 aliphatic carbocycles. The number of alkyl halides is 5. The molecule has 0 aromatic heterocycles. The van der Waals surface area contributed by atoms with Crippen LogP contribution in [0.1, 0.15) is 68.1 Å². The first kappa shape index (κ1) is 25.4. The van der Waals surface area contributed by atoms with Gasteiger partial charge in [0.15, 0.2) is 0 Å². The Bertz CT molecular complexity index is 887. The first-order valence-corrected chi connectivity index (χ1v) is 11.2. The van der Waals surface area contributed by atoms with Crippen LogP contribution in [-0.4, -0.2) is 13.0 Å². The summed E-state index contributed by atoms with van der Waals surface area (Å²) in [5.74, 6) is -0.526. The molecule has 1 aliphatic rings. The highest BCUT2D eigenvalue weighted by molar-refractivity contribution is 5.30. The van der Waals surface area contributed by atoms with Gasteiger partial charge in [-0.1, -0.05) is 38.0 Å². The van der Waals surface area contributed by atoms with Crippen LogP contribution in [0, 0.1) is 11.7 Å². The van der Waals surface area contributed by atoms with E-state index in [2.05, 4.69) is 16.4 Å². The number of halogens is 6. The van der Waals surface area contributed by atoms with Gasteiger partial charge in [-0.05, 0) is 79.3 Å². The van der Waals surface area contributed by atoms with Gasteiger partial charge in [0.25, 0.3) is 0 Å². The SMILES string of the molecule is CCC[C@H]1CC[C@H](c2ccc(C(F)(F)OCCc3ccc(OC(F)(F)F)cc3)c(F)c2)CC1. The van der Waals surface area contributed by atoms with Gasteiger partial charge in [-0.2, -0.15) is 8.78 Å². The molecule has 182 valence electrons. The van der Waals surface area contributed by atoms with E-state index in [1.54, 1.807) is 6.07 Å². The molecule has 8 heteroatoms. The molecule has 0 unspecified atom stereocenters. The topological polar surface area (TPSA) is 18.5 Å². The monoisotopic (exact) mass is 474 g/mol. The molecule has 0 radical (unpaired) electrons. The summed E-state index contributed by atoms with van der Waals surface area (Å²) in [5.41, 5.74) is 0.401. The van der Waals surface area contributed by atoms with Crippen molar-refractivity contribution in [2.24, 2.45) is 5.92 Å². The van der Waals surface area contributed by atoms with Crippen LogP contribution < -0.4 is 4.74 Å². The van der Waals surface area contributed by atoms with Gasteiger partial charge < -0.3 is 9.47 Å². The number of ether oxygens (including phenoxy) is 2. The molecule has 0 spiro atoms. The van der Waals surface area contributed by atoms with Crippen LogP contribution in [0.5, 0.6) is 5.75 Å². The van der Waals surface area contributed by atoms with E-state index in [4.69, 9.17) is 0 Å². The highest BCUT2D eigenvalue weighted by atomic mass is 19.4. The van der Waals surface area contributed by atoms with Crippen molar-refractivity contribution in [2.75, 3.05) is 6.61 Å². The lowest BCUT2D eigenvalue weighted by molar-refractivity contribution is -0.274. The number of hydrogen-bond donors (Lipinski definition) is 0. The van der Waals surface area contributed by atoms with Crippen LogP contribution in [0.15, 0.2) is 42.5 Å². The molecule has 33 heavy (non-hydrogen) atoms. The van der Waals surface area contributed by atoms with E-state index >= 15 is 0 Å². The Morgan fingerprint density at radius 1 is 0.909 bits per heavy atom. The zero-order valence-corrected chi connectivity index (χ0v) is 18.4. The van der Waals surface area contributed by atoms with E-state index in [0.717, 1.165) is 55.9 Å². The highest BCUT2D eigenvalue weighted by Gasteiger charge is 2.36. The summed E-state index contributed by atoms with van der Waals surface area (Å²) in [6.07, 6.45) is -2.26. The van der Waals surface area contributed by atoms with E-state index < -0.39 is 36.2 Å². The Labute approximate surface area is 189 Å². The van der Waals surface area contributed by atoms with Gasteiger partial charge in [0.1, 0.15) is 11.6 Å². The van der Waals surface area contributed by atoms with Crippen molar-refractivity contribution in [3.8, 4) is 5.75 Å². The molecular formula is C25H28F6O2. The largest absolute Gasteiger partial charge is 0.573 e. The predicted molar refractivity (Wildman–Crippen MR) is 113 cm³/mol. The maximum atomic E-state index is 14.6. The van der Waals surface area contributed by atoms with E-state index in [-0.39, 0.29) is 12.3 Å². The summed E-state index contributed by atoms with van der Waals surface area (Å²) in [6, 6.07) is 8.67. The molecule has 2 aromatic carbocycles. The number of benzene rings is 2. The average molecular weight is 474 g/mol. The highest BCUT2D eigenvalue weighted by Crippen LogP contribution is 2.39. The lowest BCUT2D eigenvalue weighted by Gasteiger charge is -2.29. The third-order valence-corrected chi connectivity index (χ3v) is 6.15. The van der Waals surface area contributed by atoms with Gasteiger partial charge in [0, 0.05) is 0 Å². The first-order chi connectivity index (χ1) is 15.6. The predicted octanol–water partition coefficient (Wildman–Crippen LogP) is 8.11. The Morgan fingerprint density at radius 2 is 1.58 bits per heavy atom. The van der Waals surface area contributed by atoms with Crippen molar-refractivity contribution in [3.05, 3.63) is 65.0 Å². The minimum atomic E-state index is -4.80. The Morgan fingerprint density at radius 3 is 2.15 bits per heavy atom. The zero-order valence-electron chi connectivity index (χ0n) is 18.4. The zero-order chi connectivity index (χ0) is 24.1. The quantitative estimate of drug-likeness (QED) is 0.342. The lowest BCUT2D eigenvalue weighted by atomic mass is 9.77. The molecule has 1 saturated carbocycles. The third-order valence-electron chi connectivity index (χ3n) is 6.15. The van der Waals surface area contributed by atoms with Crippen LogP contribution in [0.3, 0.4) is 0 Å². The molecule has 1 fully saturated rings. The van der Waals surface area contributed by atoms with Crippen molar-refractivity contribution < 1.29 is 35.8 Å². The maximum absolute atomic E-state index is 14.6. The molecule has 2 aromatic rings. The van der Waals surface area contributed by atoms with Crippen molar-refractivity contribution in [1.29, 1.82) is 0 Å². The fourth-order valence-electron chi connectivity index (χ4n) is 4.45. The van der Waals surface area contributed by atoms with Crippen LogP contribution in [0.2, 0.25) is 0 Å². The summed E-state index contributed by atoms with van der Waals surface area (Å²) in [4.78, 5) is 0. The van der Waals surface area contributed by atoms with E-state index in [9.17, 15) is 26.3 Å². The molecule has 0 atom stereocenters. The normalized spacial score (nSPS) is 19.5. The van der Waals surface area contributed by atoms with Gasteiger partial charge >= 0.3 is 12.5 Å². The van der Waals surface area contributed by atoms with Crippen LogP contribution >= 0.6 is 0 Å². The maximum Gasteiger partial charge on any atom is 0.573 e. The molecule has 0 amide bonds. The minimum absolute atomic E-state index is 0.0165. The number of rotatable bonds is 9. The minimum Gasteiger partial charge on any atom is -0.406 e. The lowest BCUT2D eigenvalue weighted by Crippen LogP contribution is -2.22. The van der Waals surface area contributed by atoms with Crippen molar-refractivity contribution in [3.63, 3.8) is 0 Å². The van der Waals surface area contributed by atoms with Crippen molar-refractivity contribution in [1.82, 2.24) is 0 Å². The van der Waals surface area contributed by atoms with Crippen molar-refractivity contribution >= 4 is 0 Å². The van der Waals surface area contributed by atoms with Crippen LogP contribution in [0.25, 0.3) is 0 Å². The van der Waals surface area contributed by atoms with E-state index in [1.165, 1.54) is 24.6 Å². The summed E-state index contributed by atoms with van der Waals surface area (Å²) in [7, 11) is 0. The molecule has 0 saturated heterocycles. The number of hydrogen-bond acceptors (Lipinski definition) is 2. The Hall–Kier alpha value is -2.22. The van der Waals surface area contributed by atoms with Gasteiger partial charge in [-0.25, -0.2) is 4.39 Å². The molecule has 0 N–H and O–H groups in total. The second kappa shape index (κ2) is 10.8. The fourth-order valence-corrected chi connectivity index (χ4v) is 4.45. The second-order valence-corrected chi connectivity index (χ2v) is 8.55. The third kappa shape index (κ3) is 7.39. The summed E-state index contributed by atoms with van der Waals surface area (Å²) >= 11 is 0. The molecule has 0 aliphatic heterocycles. The smallest absolute Gasteiger partial charge is 0.406 e. The molecule has 0 bridgehead atoms. The molecule has 2 nitrogen and oxygen atoms in total. The average Bonchev–Trinajstić information content (AvgIpc) is 2.74. The van der Waals surface area contributed by atoms with Gasteiger partial charge in [0.05, 0.1) is 12.2 Å². The fraction of sp³-hybridized carbons (Fsp3) is 0.520. The van der Waals surface area contributed by atoms with Crippen LogP contribution in [-0.2, 0) is 17.3 Å². The van der Waals surface area contributed by atoms with Crippen molar-refractivity contribution in [2.45, 2.75) is 70.3 Å². The Kier molecular flexibility index (Phi) is 8.32. The van der Waals surface area contributed by atoms with E-state index in [1.807, 2.05) is 0 Å². The van der Waals surface area contributed by atoms with Gasteiger partial charge in [-0.3, -0.25) is 0 Å². The van der Waals surface area contributed by atoms with E-state index in [0.29, 0.717) is 11.5 Å². The van der Waals surface area contributed by atoms with Gasteiger partial charge in [0.2, 0.25) is 0 Å². The van der Waals surface area contributed by atoms with Crippen LogP contribution in [0.4, 0.5) is 26.3 Å². The summed E-state index contributed by atoms with van der Waals surface area (Å²) in [6.45, 7) is 1.72.